The fourth-order valence-electron chi connectivity index (χ4n) is 1.29. The highest BCUT2D eigenvalue weighted by Crippen LogP contribution is 2.18. The minimum absolute atomic E-state index is 0.687. The van der Waals surface area contributed by atoms with Gasteiger partial charge in [-0.1, -0.05) is 57.6 Å². The Hall–Kier alpha value is -1.23. The van der Waals surface area contributed by atoms with Crippen molar-refractivity contribution in [1.82, 2.24) is 0 Å². The van der Waals surface area contributed by atoms with Crippen molar-refractivity contribution in [3.05, 3.63) is 69.2 Å². The van der Waals surface area contributed by atoms with Crippen LogP contribution < -0.4 is 0 Å². The molecule has 0 heterocycles. The molecule has 0 unspecified atom stereocenters. The average molecular weight is 292 g/mol. The number of hydrogen-bond acceptors (Lipinski definition) is 0. The van der Waals surface area contributed by atoms with Crippen LogP contribution in [0.1, 0.15) is 11.1 Å². The maximum absolute atomic E-state index is 5.93. The van der Waals surface area contributed by atoms with E-state index in [1.54, 1.807) is 0 Å². The van der Waals surface area contributed by atoms with E-state index in [1.807, 2.05) is 48.5 Å². The lowest BCUT2D eigenvalue weighted by Gasteiger charge is -1.94. The van der Waals surface area contributed by atoms with E-state index in [0.717, 1.165) is 15.6 Å². The first-order valence-electron chi connectivity index (χ1n) is 4.77. The lowest BCUT2D eigenvalue weighted by molar-refractivity contribution is 1.59. The van der Waals surface area contributed by atoms with Gasteiger partial charge in [0.1, 0.15) is 0 Å². The van der Waals surface area contributed by atoms with Crippen LogP contribution in [0.5, 0.6) is 0 Å². The van der Waals surface area contributed by atoms with Gasteiger partial charge in [-0.25, -0.2) is 0 Å². The molecule has 0 bridgehead atoms. The summed E-state index contributed by atoms with van der Waals surface area (Å²) in [7, 11) is 0. The summed E-state index contributed by atoms with van der Waals surface area (Å²) in [6, 6.07) is 15.5. The molecule has 0 aliphatic heterocycles. The monoisotopic (exact) mass is 290 g/mol. The van der Waals surface area contributed by atoms with E-state index >= 15 is 0 Å². The quantitative estimate of drug-likeness (QED) is 0.627. The van der Waals surface area contributed by atoms with Crippen LogP contribution in [0.3, 0.4) is 0 Å². The highest BCUT2D eigenvalue weighted by molar-refractivity contribution is 9.10. The minimum Gasteiger partial charge on any atom is -0.0843 e. The van der Waals surface area contributed by atoms with E-state index in [9.17, 15) is 0 Å². The highest BCUT2D eigenvalue weighted by Gasteiger charge is 1.94. The van der Waals surface area contributed by atoms with Gasteiger partial charge in [0.15, 0.2) is 0 Å². The Kier molecular flexibility index (Phi) is 3.66. The zero-order valence-electron chi connectivity index (χ0n) is 8.37. The predicted octanol–water partition coefficient (Wildman–Crippen LogP) is 4.50. The SMILES string of the molecule is Clc1cc(Br)cc(C#Cc2ccccc2)c1. The average Bonchev–Trinajstić information content (AvgIpc) is 2.27. The van der Waals surface area contributed by atoms with Gasteiger partial charge in [0, 0.05) is 20.6 Å². The molecule has 0 N–H and O–H groups in total. The van der Waals surface area contributed by atoms with Crippen molar-refractivity contribution in [2.45, 2.75) is 0 Å². The maximum atomic E-state index is 5.93. The molecule has 0 spiro atoms. The van der Waals surface area contributed by atoms with Crippen LogP contribution >= 0.6 is 27.5 Å². The Morgan fingerprint density at radius 1 is 0.875 bits per heavy atom. The van der Waals surface area contributed by atoms with E-state index < -0.39 is 0 Å². The zero-order chi connectivity index (χ0) is 11.4. The van der Waals surface area contributed by atoms with E-state index in [1.165, 1.54) is 0 Å². The molecule has 0 amide bonds. The number of halogens is 2. The molecule has 0 nitrogen and oxygen atoms in total. The first-order valence-corrected chi connectivity index (χ1v) is 5.94. The van der Waals surface area contributed by atoms with E-state index in [-0.39, 0.29) is 0 Å². The van der Waals surface area contributed by atoms with Crippen LogP contribution in [0.2, 0.25) is 5.02 Å². The second-order valence-electron chi connectivity index (χ2n) is 3.27. The highest BCUT2D eigenvalue weighted by atomic mass is 79.9. The standard InChI is InChI=1S/C14H8BrCl/c15-13-8-12(9-14(16)10-13)7-6-11-4-2-1-3-5-11/h1-5,8-10H. The molecule has 16 heavy (non-hydrogen) atoms. The molecular formula is C14H8BrCl. The molecule has 0 saturated heterocycles. The maximum Gasteiger partial charge on any atom is 0.0429 e. The largest absolute Gasteiger partial charge is 0.0843 e. The van der Waals surface area contributed by atoms with E-state index in [2.05, 4.69) is 27.8 Å². The van der Waals surface area contributed by atoms with Crippen molar-refractivity contribution in [3.8, 4) is 11.8 Å². The van der Waals surface area contributed by atoms with Crippen molar-refractivity contribution < 1.29 is 0 Å². The summed E-state index contributed by atoms with van der Waals surface area (Å²) in [5, 5.41) is 0.687. The number of rotatable bonds is 0. The molecule has 0 aliphatic rings. The molecule has 0 atom stereocenters. The summed E-state index contributed by atoms with van der Waals surface area (Å²) in [6.07, 6.45) is 0. The van der Waals surface area contributed by atoms with Crippen molar-refractivity contribution >= 4 is 27.5 Å². The Morgan fingerprint density at radius 3 is 2.25 bits per heavy atom. The Labute approximate surface area is 108 Å². The summed E-state index contributed by atoms with van der Waals surface area (Å²) in [5.74, 6) is 6.16. The third-order valence-corrected chi connectivity index (χ3v) is 2.66. The lowest BCUT2D eigenvalue weighted by Crippen LogP contribution is -1.76. The van der Waals surface area contributed by atoms with Gasteiger partial charge in [-0.3, -0.25) is 0 Å². The van der Waals surface area contributed by atoms with Crippen molar-refractivity contribution in [1.29, 1.82) is 0 Å². The smallest absolute Gasteiger partial charge is 0.0429 e. The van der Waals surface area contributed by atoms with Crippen LogP contribution in [0.15, 0.2) is 53.0 Å². The first kappa shape index (κ1) is 11.3. The fourth-order valence-corrected chi connectivity index (χ4v) is 2.15. The third kappa shape index (κ3) is 3.13. The van der Waals surface area contributed by atoms with Crippen LogP contribution in [0.25, 0.3) is 0 Å². The molecule has 2 rings (SSSR count). The normalized spacial score (nSPS) is 9.38. The second kappa shape index (κ2) is 5.21. The van der Waals surface area contributed by atoms with Crippen molar-refractivity contribution in [2.75, 3.05) is 0 Å². The van der Waals surface area contributed by atoms with Crippen molar-refractivity contribution in [2.24, 2.45) is 0 Å². The van der Waals surface area contributed by atoms with E-state index in [4.69, 9.17) is 11.6 Å². The Morgan fingerprint density at radius 2 is 1.56 bits per heavy atom. The third-order valence-electron chi connectivity index (χ3n) is 1.99. The zero-order valence-corrected chi connectivity index (χ0v) is 10.7. The lowest BCUT2D eigenvalue weighted by atomic mass is 10.2. The van der Waals surface area contributed by atoms with Crippen LogP contribution in [0, 0.1) is 11.8 Å². The Bertz CT molecular complexity index is 530. The Balaban J connectivity index is 2.31. The van der Waals surface area contributed by atoms with Gasteiger partial charge in [0.2, 0.25) is 0 Å². The molecule has 78 valence electrons. The minimum atomic E-state index is 0.687. The molecule has 2 aromatic rings. The summed E-state index contributed by atoms with van der Waals surface area (Å²) in [5.41, 5.74) is 1.90. The summed E-state index contributed by atoms with van der Waals surface area (Å²) >= 11 is 9.32. The number of hydrogen-bond donors (Lipinski definition) is 0. The topological polar surface area (TPSA) is 0 Å². The number of benzene rings is 2. The second-order valence-corrected chi connectivity index (χ2v) is 4.63. The van der Waals surface area contributed by atoms with Crippen LogP contribution in [-0.2, 0) is 0 Å². The summed E-state index contributed by atoms with van der Waals surface area (Å²) in [4.78, 5) is 0. The van der Waals surface area contributed by atoms with Crippen molar-refractivity contribution in [3.63, 3.8) is 0 Å². The molecule has 0 fully saturated rings. The molecular weight excluding hydrogens is 284 g/mol. The summed E-state index contributed by atoms with van der Waals surface area (Å²) in [6.45, 7) is 0. The van der Waals surface area contributed by atoms with Gasteiger partial charge in [0.05, 0.1) is 0 Å². The molecule has 0 radical (unpaired) electrons. The summed E-state index contributed by atoms with van der Waals surface area (Å²) < 4.78 is 0.942. The predicted molar refractivity (Wildman–Crippen MR) is 71.6 cm³/mol. The van der Waals surface area contributed by atoms with Gasteiger partial charge < -0.3 is 0 Å². The van der Waals surface area contributed by atoms with Gasteiger partial charge >= 0.3 is 0 Å². The first-order chi connectivity index (χ1) is 7.74. The van der Waals surface area contributed by atoms with Gasteiger partial charge in [-0.2, -0.15) is 0 Å². The molecule has 0 aromatic heterocycles. The molecule has 0 aliphatic carbocycles. The fraction of sp³-hybridized carbons (Fsp3) is 0. The van der Waals surface area contributed by atoms with Gasteiger partial charge in [-0.05, 0) is 30.3 Å². The molecule has 2 aromatic carbocycles. The van der Waals surface area contributed by atoms with Crippen LogP contribution in [-0.4, -0.2) is 0 Å². The van der Waals surface area contributed by atoms with Crippen LogP contribution in [0.4, 0.5) is 0 Å². The van der Waals surface area contributed by atoms with E-state index in [0.29, 0.717) is 5.02 Å². The molecule has 0 saturated carbocycles. The van der Waals surface area contributed by atoms with Gasteiger partial charge in [-0.15, -0.1) is 0 Å². The molecule has 2 heteroatoms. The van der Waals surface area contributed by atoms with Gasteiger partial charge in [0.25, 0.3) is 0 Å².